The third-order valence-electron chi connectivity index (χ3n) is 4.66. The van der Waals surface area contributed by atoms with E-state index in [0.29, 0.717) is 37.1 Å². The first-order valence-electron chi connectivity index (χ1n) is 8.56. The average Bonchev–Trinajstić information content (AvgIpc) is 2.65. The van der Waals surface area contributed by atoms with E-state index in [0.717, 1.165) is 23.6 Å². The highest BCUT2D eigenvalue weighted by Crippen LogP contribution is 2.25. The summed E-state index contributed by atoms with van der Waals surface area (Å²) >= 11 is 0. The van der Waals surface area contributed by atoms with Gasteiger partial charge in [-0.1, -0.05) is 18.2 Å². The summed E-state index contributed by atoms with van der Waals surface area (Å²) in [5.41, 5.74) is 0.413. The minimum atomic E-state index is -0.0676. The molecule has 0 spiro atoms. The van der Waals surface area contributed by atoms with Crippen LogP contribution in [0.1, 0.15) is 30.3 Å². The molecule has 2 aromatic rings. The van der Waals surface area contributed by atoms with E-state index in [1.165, 1.54) is 6.92 Å². The van der Waals surface area contributed by atoms with E-state index in [4.69, 9.17) is 4.74 Å². The Labute approximate surface area is 147 Å². The minimum Gasteiger partial charge on any atom is -0.481 e. The first kappa shape index (κ1) is 17.2. The van der Waals surface area contributed by atoms with Crippen LogP contribution in [0.25, 0.3) is 10.8 Å². The van der Waals surface area contributed by atoms with Gasteiger partial charge in [-0.2, -0.15) is 0 Å². The van der Waals surface area contributed by atoms with Crippen LogP contribution >= 0.6 is 0 Å². The number of pyridine rings is 1. The number of nitrogens with one attached hydrogen (secondary N) is 1. The molecule has 1 fully saturated rings. The quantitative estimate of drug-likeness (QED) is 0.926. The normalized spacial score (nSPS) is 15.2. The van der Waals surface area contributed by atoms with Gasteiger partial charge in [-0.3, -0.25) is 9.59 Å². The molecule has 6 nitrogen and oxygen atoms in total. The van der Waals surface area contributed by atoms with E-state index in [9.17, 15) is 9.59 Å². The summed E-state index contributed by atoms with van der Waals surface area (Å²) in [7, 11) is 1.57. The van der Waals surface area contributed by atoms with Crippen molar-refractivity contribution in [2.24, 2.45) is 5.92 Å². The summed E-state index contributed by atoms with van der Waals surface area (Å²) in [5, 5.41) is 4.70. The Kier molecular flexibility index (Phi) is 5.16. The molecular weight excluding hydrogens is 318 g/mol. The smallest absolute Gasteiger partial charge is 0.272 e. The third-order valence-corrected chi connectivity index (χ3v) is 4.66. The average molecular weight is 341 g/mol. The maximum absolute atomic E-state index is 12.8. The summed E-state index contributed by atoms with van der Waals surface area (Å²) in [6.45, 7) is 3.57. The van der Waals surface area contributed by atoms with Crippen molar-refractivity contribution in [1.29, 1.82) is 0 Å². The zero-order chi connectivity index (χ0) is 17.8. The molecule has 1 saturated heterocycles. The van der Waals surface area contributed by atoms with E-state index >= 15 is 0 Å². The Morgan fingerprint density at radius 3 is 2.68 bits per heavy atom. The number of hydrogen-bond acceptors (Lipinski definition) is 4. The highest BCUT2D eigenvalue weighted by molar-refractivity contribution is 5.98. The Balaban J connectivity index is 1.71. The predicted molar refractivity (Wildman–Crippen MR) is 95.6 cm³/mol. The van der Waals surface area contributed by atoms with E-state index in [1.54, 1.807) is 7.11 Å². The number of methoxy groups -OCH3 is 1. The topological polar surface area (TPSA) is 71.5 Å². The van der Waals surface area contributed by atoms with Gasteiger partial charge in [0.15, 0.2) is 0 Å². The van der Waals surface area contributed by atoms with Crippen molar-refractivity contribution in [2.75, 3.05) is 26.7 Å². The summed E-state index contributed by atoms with van der Waals surface area (Å²) in [6, 6.07) is 9.57. The summed E-state index contributed by atoms with van der Waals surface area (Å²) < 4.78 is 5.35. The van der Waals surface area contributed by atoms with E-state index < -0.39 is 0 Å². The molecule has 0 unspecified atom stereocenters. The second-order valence-electron chi connectivity index (χ2n) is 6.41. The van der Waals surface area contributed by atoms with E-state index in [2.05, 4.69) is 10.3 Å². The first-order chi connectivity index (χ1) is 12.1. The number of amides is 2. The molecule has 1 N–H and O–H groups in total. The number of rotatable bonds is 4. The van der Waals surface area contributed by atoms with Crippen LogP contribution in [0.15, 0.2) is 30.3 Å². The zero-order valence-electron chi connectivity index (χ0n) is 14.6. The maximum atomic E-state index is 12.8. The van der Waals surface area contributed by atoms with E-state index in [1.807, 2.05) is 35.2 Å². The van der Waals surface area contributed by atoms with Crippen molar-refractivity contribution < 1.29 is 14.3 Å². The van der Waals surface area contributed by atoms with Gasteiger partial charge in [0.25, 0.3) is 5.91 Å². The van der Waals surface area contributed by atoms with Crippen LogP contribution in [-0.4, -0.2) is 48.4 Å². The molecular formula is C19H23N3O3. The highest BCUT2D eigenvalue weighted by Gasteiger charge is 2.25. The number of hydrogen-bond donors (Lipinski definition) is 1. The molecule has 0 atom stereocenters. The van der Waals surface area contributed by atoms with Gasteiger partial charge >= 0.3 is 0 Å². The van der Waals surface area contributed by atoms with Crippen LogP contribution in [0.4, 0.5) is 0 Å². The standard InChI is InChI=1S/C19H23N3O3/c1-13(23)20-12-14-7-9-22(10-8-14)19(24)17-11-15-5-3-4-6-16(15)18(21-17)25-2/h3-6,11,14H,7-10,12H2,1-2H3,(H,20,23). The lowest BCUT2D eigenvalue weighted by Crippen LogP contribution is -2.41. The molecule has 1 aliphatic rings. The van der Waals surface area contributed by atoms with Gasteiger partial charge in [0.2, 0.25) is 11.8 Å². The first-order valence-corrected chi connectivity index (χ1v) is 8.56. The van der Waals surface area contributed by atoms with Crippen molar-refractivity contribution >= 4 is 22.6 Å². The molecule has 132 valence electrons. The van der Waals surface area contributed by atoms with Gasteiger partial charge in [-0.25, -0.2) is 4.98 Å². The molecule has 1 aliphatic heterocycles. The van der Waals surface area contributed by atoms with Crippen LogP contribution in [0.3, 0.4) is 0 Å². The molecule has 0 bridgehead atoms. The third kappa shape index (κ3) is 3.90. The monoisotopic (exact) mass is 341 g/mol. The van der Waals surface area contributed by atoms with Gasteiger partial charge < -0.3 is 15.0 Å². The number of nitrogens with zero attached hydrogens (tertiary/aromatic N) is 2. The number of ether oxygens (including phenoxy) is 1. The Morgan fingerprint density at radius 2 is 2.00 bits per heavy atom. The second-order valence-corrected chi connectivity index (χ2v) is 6.41. The number of aromatic nitrogens is 1. The SMILES string of the molecule is COc1nc(C(=O)N2CCC(CNC(C)=O)CC2)cc2ccccc12. The molecule has 2 heterocycles. The molecule has 6 heteroatoms. The van der Waals surface area contributed by atoms with Crippen molar-refractivity contribution in [2.45, 2.75) is 19.8 Å². The van der Waals surface area contributed by atoms with Crippen LogP contribution < -0.4 is 10.1 Å². The van der Waals surface area contributed by atoms with Gasteiger partial charge in [0.1, 0.15) is 5.69 Å². The van der Waals surface area contributed by atoms with Crippen LogP contribution in [0, 0.1) is 5.92 Å². The fraction of sp³-hybridized carbons (Fsp3) is 0.421. The van der Waals surface area contributed by atoms with Crippen LogP contribution in [0.2, 0.25) is 0 Å². The van der Waals surface area contributed by atoms with Gasteiger partial charge in [-0.15, -0.1) is 0 Å². The Bertz CT molecular complexity index is 783. The number of carbonyl (C=O) groups is 2. The molecule has 0 saturated carbocycles. The van der Waals surface area contributed by atoms with Crippen molar-refractivity contribution in [3.05, 3.63) is 36.0 Å². The maximum Gasteiger partial charge on any atom is 0.272 e. The fourth-order valence-electron chi connectivity index (χ4n) is 3.22. The lowest BCUT2D eigenvalue weighted by molar-refractivity contribution is -0.119. The number of benzene rings is 1. The van der Waals surface area contributed by atoms with Crippen molar-refractivity contribution in [3.63, 3.8) is 0 Å². The van der Waals surface area contributed by atoms with Gasteiger partial charge in [0, 0.05) is 31.9 Å². The number of fused-ring (bicyclic) bond motifs is 1. The Hall–Kier alpha value is -2.63. The summed E-state index contributed by atoms with van der Waals surface area (Å²) in [6.07, 6.45) is 1.77. The minimum absolute atomic E-state index is 0.00837. The van der Waals surface area contributed by atoms with E-state index in [-0.39, 0.29) is 11.8 Å². The predicted octanol–water partition coefficient (Wildman–Crippen LogP) is 2.23. The number of piperidine rings is 1. The van der Waals surface area contributed by atoms with Crippen molar-refractivity contribution in [1.82, 2.24) is 15.2 Å². The molecule has 1 aromatic heterocycles. The molecule has 3 rings (SSSR count). The fourth-order valence-corrected chi connectivity index (χ4v) is 3.22. The molecule has 1 aromatic carbocycles. The molecule has 0 radical (unpaired) electrons. The Morgan fingerprint density at radius 1 is 1.28 bits per heavy atom. The van der Waals surface area contributed by atoms with Crippen LogP contribution in [-0.2, 0) is 4.79 Å². The largest absolute Gasteiger partial charge is 0.481 e. The number of carbonyl (C=O) groups excluding carboxylic acids is 2. The second kappa shape index (κ2) is 7.51. The van der Waals surface area contributed by atoms with Crippen molar-refractivity contribution in [3.8, 4) is 5.88 Å². The number of likely N-dealkylation sites (tertiary alicyclic amines) is 1. The summed E-state index contributed by atoms with van der Waals surface area (Å²) in [4.78, 5) is 30.1. The lowest BCUT2D eigenvalue weighted by Gasteiger charge is -2.31. The zero-order valence-corrected chi connectivity index (χ0v) is 14.6. The van der Waals surface area contributed by atoms with Crippen LogP contribution in [0.5, 0.6) is 5.88 Å². The van der Waals surface area contributed by atoms with Gasteiger partial charge in [-0.05, 0) is 36.3 Å². The summed E-state index contributed by atoms with van der Waals surface area (Å²) in [5.74, 6) is 0.821. The molecule has 25 heavy (non-hydrogen) atoms. The molecule has 2 amide bonds. The molecule has 0 aliphatic carbocycles. The van der Waals surface area contributed by atoms with Gasteiger partial charge in [0.05, 0.1) is 7.11 Å². The lowest BCUT2D eigenvalue weighted by atomic mass is 9.96. The highest BCUT2D eigenvalue weighted by atomic mass is 16.5.